The first-order valence-electron chi connectivity index (χ1n) is 7.25. The molecule has 2 aromatic heterocycles. The maximum atomic E-state index is 13.1. The summed E-state index contributed by atoms with van der Waals surface area (Å²) in [6.45, 7) is -0.156. The molecule has 0 saturated heterocycles. The topological polar surface area (TPSA) is 44.9 Å². The highest BCUT2D eigenvalue weighted by atomic mass is 32.1. The van der Waals surface area contributed by atoms with Gasteiger partial charge in [-0.15, -0.1) is 11.3 Å². The monoisotopic (exact) mass is 327 g/mol. The maximum Gasteiger partial charge on any atom is 0.123 e. The molecular formula is C18H14FNO2S. The van der Waals surface area contributed by atoms with E-state index in [1.807, 2.05) is 34.9 Å². The fourth-order valence-corrected chi connectivity index (χ4v) is 4.14. The van der Waals surface area contributed by atoms with Crippen molar-refractivity contribution in [3.05, 3.63) is 77.2 Å². The van der Waals surface area contributed by atoms with Crippen LogP contribution in [-0.4, -0.2) is 14.6 Å². The van der Waals surface area contributed by atoms with Crippen LogP contribution in [0, 0.1) is 5.82 Å². The summed E-state index contributed by atoms with van der Waals surface area (Å²) in [6.07, 6.45) is 0.951. The number of aromatic nitrogens is 1. The van der Waals surface area contributed by atoms with Crippen LogP contribution in [-0.2, 0) is 6.61 Å². The molecule has 0 aliphatic carbocycles. The molecule has 2 heterocycles. The van der Waals surface area contributed by atoms with E-state index in [1.54, 1.807) is 23.5 Å². The van der Waals surface area contributed by atoms with Crippen molar-refractivity contribution < 1.29 is 14.6 Å². The normalized spacial score (nSPS) is 13.0. The summed E-state index contributed by atoms with van der Waals surface area (Å²) in [6, 6.07) is 13.8. The van der Waals surface area contributed by atoms with E-state index in [0.29, 0.717) is 16.7 Å². The van der Waals surface area contributed by atoms with Gasteiger partial charge in [0, 0.05) is 17.3 Å². The molecule has 4 aromatic rings. The van der Waals surface area contributed by atoms with Crippen molar-refractivity contribution in [1.82, 2.24) is 4.40 Å². The number of para-hydroxylation sites is 1. The van der Waals surface area contributed by atoms with Crippen LogP contribution < -0.4 is 0 Å². The largest absolute Gasteiger partial charge is 0.392 e. The number of benzene rings is 2. The molecule has 0 radical (unpaired) electrons. The van der Waals surface area contributed by atoms with Crippen molar-refractivity contribution in [2.24, 2.45) is 0 Å². The highest BCUT2D eigenvalue weighted by Gasteiger charge is 2.22. The van der Waals surface area contributed by atoms with E-state index in [0.717, 1.165) is 15.0 Å². The number of halogens is 1. The Labute approximate surface area is 135 Å². The lowest BCUT2D eigenvalue weighted by atomic mass is 10.0. The lowest BCUT2D eigenvalue weighted by Gasteiger charge is -2.11. The molecule has 0 spiro atoms. The van der Waals surface area contributed by atoms with Crippen molar-refractivity contribution in [3.8, 4) is 0 Å². The van der Waals surface area contributed by atoms with Crippen LogP contribution in [0.3, 0.4) is 0 Å². The summed E-state index contributed by atoms with van der Waals surface area (Å²) in [5, 5.41) is 20.4. The Morgan fingerprint density at radius 3 is 2.57 bits per heavy atom. The van der Waals surface area contributed by atoms with Gasteiger partial charge < -0.3 is 14.6 Å². The molecule has 3 nitrogen and oxygen atoms in total. The van der Waals surface area contributed by atoms with Gasteiger partial charge in [-0.05, 0) is 29.8 Å². The third-order valence-corrected chi connectivity index (χ3v) is 5.22. The molecular weight excluding hydrogens is 313 g/mol. The van der Waals surface area contributed by atoms with Crippen molar-refractivity contribution in [3.63, 3.8) is 0 Å². The van der Waals surface area contributed by atoms with Gasteiger partial charge in [0.1, 0.15) is 16.8 Å². The summed E-state index contributed by atoms with van der Waals surface area (Å²) < 4.78 is 16.2. The van der Waals surface area contributed by atoms with Gasteiger partial charge in [-0.2, -0.15) is 0 Å². The van der Waals surface area contributed by atoms with Crippen molar-refractivity contribution in [1.29, 1.82) is 0 Å². The summed E-state index contributed by atoms with van der Waals surface area (Å²) in [5.41, 5.74) is 3.01. The van der Waals surface area contributed by atoms with Gasteiger partial charge in [-0.3, -0.25) is 0 Å². The summed E-state index contributed by atoms with van der Waals surface area (Å²) in [7, 11) is 0. The van der Waals surface area contributed by atoms with Gasteiger partial charge in [-0.25, -0.2) is 4.39 Å². The Balaban J connectivity index is 1.95. The number of hydrogen-bond acceptors (Lipinski definition) is 3. The molecule has 0 bridgehead atoms. The first kappa shape index (κ1) is 14.4. The SMILES string of the molecule is OCc1cn2c(sc3ccccc32)c1C(O)c1ccc(F)cc1. The second-order valence-corrected chi connectivity index (χ2v) is 6.46. The molecule has 2 N–H and O–H groups in total. The van der Waals surface area contributed by atoms with E-state index in [1.165, 1.54) is 12.1 Å². The van der Waals surface area contributed by atoms with E-state index in [-0.39, 0.29) is 12.4 Å². The van der Waals surface area contributed by atoms with Crippen LogP contribution in [0.2, 0.25) is 0 Å². The number of thiazole rings is 1. The van der Waals surface area contributed by atoms with Crippen molar-refractivity contribution in [2.75, 3.05) is 0 Å². The number of hydrogen-bond donors (Lipinski definition) is 2. The van der Waals surface area contributed by atoms with Gasteiger partial charge in [0.2, 0.25) is 0 Å². The van der Waals surface area contributed by atoms with Gasteiger partial charge in [0.25, 0.3) is 0 Å². The van der Waals surface area contributed by atoms with Crippen LogP contribution in [0.1, 0.15) is 22.8 Å². The first-order valence-corrected chi connectivity index (χ1v) is 8.06. The zero-order valence-electron chi connectivity index (χ0n) is 12.1. The lowest BCUT2D eigenvalue weighted by molar-refractivity contribution is 0.215. The minimum Gasteiger partial charge on any atom is -0.392 e. The van der Waals surface area contributed by atoms with Gasteiger partial charge in [0.15, 0.2) is 0 Å². The summed E-state index contributed by atoms with van der Waals surface area (Å²) in [5.74, 6) is -0.341. The summed E-state index contributed by atoms with van der Waals surface area (Å²) >= 11 is 1.57. The quantitative estimate of drug-likeness (QED) is 0.600. The first-order chi connectivity index (χ1) is 11.2. The summed E-state index contributed by atoms with van der Waals surface area (Å²) in [4.78, 5) is 0.895. The molecule has 2 aromatic carbocycles. The number of rotatable bonds is 3. The lowest BCUT2D eigenvalue weighted by Crippen LogP contribution is -2.02. The molecule has 0 fully saturated rings. The fraction of sp³-hybridized carbons (Fsp3) is 0.111. The van der Waals surface area contributed by atoms with E-state index in [9.17, 15) is 14.6 Å². The zero-order valence-corrected chi connectivity index (χ0v) is 12.9. The van der Waals surface area contributed by atoms with E-state index in [2.05, 4.69) is 0 Å². The Morgan fingerprint density at radius 2 is 1.83 bits per heavy atom. The third kappa shape index (κ3) is 2.25. The van der Waals surface area contributed by atoms with Gasteiger partial charge in [-0.1, -0.05) is 24.3 Å². The molecule has 23 heavy (non-hydrogen) atoms. The number of nitrogens with zero attached hydrogens (tertiary/aromatic N) is 1. The maximum absolute atomic E-state index is 13.1. The molecule has 0 aliphatic rings. The Bertz CT molecular complexity index is 988. The molecule has 1 atom stereocenters. The average Bonchev–Trinajstić information content (AvgIpc) is 3.10. The standard InChI is InChI=1S/C18H14FNO2S/c19-13-7-5-11(6-8-13)17(22)16-12(10-21)9-20-14-3-1-2-4-15(14)23-18(16)20/h1-9,17,21-22H,10H2. The molecule has 4 rings (SSSR count). The highest BCUT2D eigenvalue weighted by molar-refractivity contribution is 7.24. The molecule has 1 unspecified atom stereocenters. The van der Waals surface area contributed by atoms with E-state index in [4.69, 9.17) is 0 Å². The van der Waals surface area contributed by atoms with Crippen LogP contribution >= 0.6 is 11.3 Å². The van der Waals surface area contributed by atoms with Crippen LogP contribution in [0.5, 0.6) is 0 Å². The minimum absolute atomic E-state index is 0.156. The molecule has 116 valence electrons. The average molecular weight is 327 g/mol. The second kappa shape index (κ2) is 5.45. The number of aliphatic hydroxyl groups excluding tert-OH is 2. The third-order valence-electron chi connectivity index (χ3n) is 4.04. The van der Waals surface area contributed by atoms with Crippen LogP contribution in [0.25, 0.3) is 15.0 Å². The molecule has 0 saturated carbocycles. The van der Waals surface area contributed by atoms with E-state index >= 15 is 0 Å². The Morgan fingerprint density at radius 1 is 1.09 bits per heavy atom. The highest BCUT2D eigenvalue weighted by Crippen LogP contribution is 2.37. The van der Waals surface area contributed by atoms with Gasteiger partial charge >= 0.3 is 0 Å². The fourth-order valence-electron chi connectivity index (χ4n) is 2.91. The van der Waals surface area contributed by atoms with Crippen molar-refractivity contribution >= 4 is 26.4 Å². The van der Waals surface area contributed by atoms with E-state index < -0.39 is 6.10 Å². The predicted octanol–water partition coefficient (Wildman–Crippen LogP) is 3.87. The Hall–Kier alpha value is -2.21. The predicted molar refractivity (Wildman–Crippen MR) is 89.2 cm³/mol. The number of aliphatic hydroxyl groups is 2. The van der Waals surface area contributed by atoms with Crippen LogP contribution in [0.4, 0.5) is 4.39 Å². The zero-order chi connectivity index (χ0) is 16.0. The second-order valence-electron chi connectivity index (χ2n) is 5.43. The van der Waals surface area contributed by atoms with Gasteiger partial charge in [0.05, 0.1) is 16.8 Å². The van der Waals surface area contributed by atoms with Crippen LogP contribution in [0.15, 0.2) is 54.7 Å². The van der Waals surface area contributed by atoms with Crippen molar-refractivity contribution in [2.45, 2.75) is 12.7 Å². The molecule has 0 aliphatic heterocycles. The minimum atomic E-state index is -0.907. The number of fused-ring (bicyclic) bond motifs is 3. The Kier molecular flexibility index (Phi) is 3.41. The molecule has 5 heteroatoms. The molecule has 0 amide bonds. The smallest absolute Gasteiger partial charge is 0.123 e.